The first-order valence-electron chi connectivity index (χ1n) is 28.5. The van der Waals surface area contributed by atoms with Gasteiger partial charge in [-0.2, -0.15) is 0 Å². The molecule has 7 N–H and O–H groups in total. The first kappa shape index (κ1) is 49.8. The molecule has 6 heterocycles. The fraction of sp³-hybridized carbons (Fsp3) is 0.403. The number of phenols is 3. The quantitative estimate of drug-likeness (QED) is 0.0896. The molecule has 8 bridgehead atoms. The van der Waals surface area contributed by atoms with Crippen molar-refractivity contribution >= 4 is 22.7 Å². The second kappa shape index (κ2) is 20.6. The molecule has 3 aliphatic carbocycles. The van der Waals surface area contributed by atoms with Crippen LogP contribution in [-0.4, -0.2) is 62.2 Å². The lowest BCUT2D eigenvalue weighted by molar-refractivity contribution is -0.166. The Morgan fingerprint density at radius 3 is 2.58 bits per heavy atom. The van der Waals surface area contributed by atoms with E-state index in [1.165, 1.54) is 36.0 Å². The van der Waals surface area contributed by atoms with Crippen molar-refractivity contribution in [2.75, 3.05) is 13.2 Å². The molecule has 14 rings (SSSR count). The fourth-order valence-electron chi connectivity index (χ4n) is 14.8. The maximum Gasteiger partial charge on any atom is 0.168 e. The van der Waals surface area contributed by atoms with Crippen molar-refractivity contribution in [3.63, 3.8) is 0 Å². The number of ether oxygens (including phenoxy) is 3. The molecule has 10 nitrogen and oxygen atoms in total. The minimum absolute atomic E-state index is 0.0601. The number of nitrogens with one attached hydrogen (secondary N) is 1. The maximum atomic E-state index is 12.1. The van der Waals surface area contributed by atoms with Crippen molar-refractivity contribution in [3.8, 4) is 34.8 Å². The van der Waals surface area contributed by atoms with Gasteiger partial charge in [-0.25, -0.2) is 0 Å². The molecule has 5 aromatic carbocycles. The molecule has 5 aliphatic heterocycles. The lowest BCUT2D eigenvalue weighted by Crippen LogP contribution is -2.59. The van der Waals surface area contributed by atoms with E-state index < -0.39 is 12.3 Å². The van der Waals surface area contributed by atoms with Crippen molar-refractivity contribution in [3.05, 3.63) is 177 Å². The average Bonchev–Trinajstić information content (AvgIpc) is 4.06. The Labute approximate surface area is 452 Å². The molecule has 7 unspecified atom stereocenters. The summed E-state index contributed by atoms with van der Waals surface area (Å²) in [6.45, 7) is 1.21. The van der Waals surface area contributed by atoms with Gasteiger partial charge in [0.05, 0.1) is 30.6 Å². The Morgan fingerprint density at radius 2 is 1.69 bits per heavy atom. The molecule has 1 saturated carbocycles. The zero-order valence-electron chi connectivity index (χ0n) is 44.0. The molecule has 1 saturated heterocycles. The van der Waals surface area contributed by atoms with E-state index in [4.69, 9.17) is 19.9 Å². The van der Waals surface area contributed by atoms with E-state index in [9.17, 15) is 20.4 Å². The highest BCUT2D eigenvalue weighted by molar-refractivity contribution is 5.89. The molecule has 0 radical (unpaired) electrons. The van der Waals surface area contributed by atoms with Gasteiger partial charge in [0, 0.05) is 82.5 Å². The van der Waals surface area contributed by atoms with E-state index in [-0.39, 0.29) is 59.4 Å². The number of nitrogens with two attached hydrogens (primary N) is 1. The summed E-state index contributed by atoms with van der Waals surface area (Å²) in [6.07, 6.45) is 23.6. The molecular formula is C67H71N3O7. The van der Waals surface area contributed by atoms with Crippen molar-refractivity contribution in [1.82, 2.24) is 9.88 Å². The summed E-state index contributed by atoms with van der Waals surface area (Å²) in [5.74, 6) is 9.45. The SMILES string of the molecule is NC1C=C2C#CC(CCc3ccc(O)c(Cc4cccc(O)c4)c3)CCCC3CC(O)C4C=Cc5c(ccc(O)c5OCc5cc(C67CCOC8(CCCCC8)C6CCc6ccccc67)cc6cn(cc56)C(=C2CO3)N1)C4. The zero-order chi connectivity index (χ0) is 52.3. The van der Waals surface area contributed by atoms with E-state index in [2.05, 4.69) is 82.7 Å². The molecule has 6 aromatic rings. The molecule has 10 heteroatoms. The lowest BCUT2D eigenvalue weighted by atomic mass is 9.51. The Bertz CT molecular complexity index is 3400. The number of dihydropyridines is 1. The number of benzene rings is 5. The van der Waals surface area contributed by atoms with Gasteiger partial charge in [-0.15, -0.1) is 0 Å². The predicted molar refractivity (Wildman–Crippen MR) is 301 cm³/mol. The van der Waals surface area contributed by atoms with Gasteiger partial charge < -0.3 is 50.3 Å². The van der Waals surface area contributed by atoms with Gasteiger partial charge >= 0.3 is 0 Å². The van der Waals surface area contributed by atoms with Crippen molar-refractivity contribution in [2.24, 2.45) is 23.5 Å². The number of nitrogens with zero attached hydrogens (tertiary/aromatic N) is 1. The molecule has 0 amide bonds. The first-order chi connectivity index (χ1) is 37.6. The van der Waals surface area contributed by atoms with Gasteiger partial charge in [0.1, 0.15) is 23.9 Å². The van der Waals surface area contributed by atoms with Crippen LogP contribution in [0, 0.1) is 29.6 Å². The average molecular weight is 1030 g/mol. The Kier molecular flexibility index (Phi) is 13.3. The molecular weight excluding hydrogens is 959 g/mol. The number of hydrogen-bond donors (Lipinski definition) is 6. The second-order valence-corrected chi connectivity index (χ2v) is 23.3. The third kappa shape index (κ3) is 9.43. The van der Waals surface area contributed by atoms with E-state index in [1.54, 1.807) is 24.3 Å². The van der Waals surface area contributed by atoms with Gasteiger partial charge in [0.15, 0.2) is 11.5 Å². The summed E-state index contributed by atoms with van der Waals surface area (Å²) in [4.78, 5) is 0. The third-order valence-electron chi connectivity index (χ3n) is 18.7. The highest BCUT2D eigenvalue weighted by Crippen LogP contribution is 2.60. The molecule has 396 valence electrons. The highest BCUT2D eigenvalue weighted by Gasteiger charge is 2.58. The Hall–Kier alpha value is -6.74. The molecule has 1 aromatic heterocycles. The number of rotatable bonds is 6. The van der Waals surface area contributed by atoms with E-state index >= 15 is 0 Å². The maximum absolute atomic E-state index is 12.1. The number of aromatic hydroxyl groups is 3. The van der Waals surface area contributed by atoms with Gasteiger partial charge in [0.25, 0.3) is 0 Å². The number of hydrogen-bond acceptors (Lipinski definition) is 9. The molecule has 8 aliphatic rings. The topological polar surface area (TPSA) is 152 Å². The van der Waals surface area contributed by atoms with Crippen LogP contribution in [-0.2, 0) is 47.2 Å². The second-order valence-electron chi connectivity index (χ2n) is 23.3. The molecule has 7 atom stereocenters. The summed E-state index contributed by atoms with van der Waals surface area (Å²) in [6, 6.07) is 30.8. The van der Waals surface area contributed by atoms with Crippen LogP contribution in [0.15, 0.2) is 127 Å². The summed E-state index contributed by atoms with van der Waals surface area (Å²) in [5.41, 5.74) is 18.2. The smallest absolute Gasteiger partial charge is 0.168 e. The van der Waals surface area contributed by atoms with Crippen LogP contribution in [0.3, 0.4) is 0 Å². The Morgan fingerprint density at radius 1 is 0.805 bits per heavy atom. The van der Waals surface area contributed by atoms with E-state index in [0.717, 1.165) is 125 Å². The van der Waals surface area contributed by atoms with Crippen LogP contribution in [0.5, 0.6) is 23.0 Å². The van der Waals surface area contributed by atoms with Crippen LogP contribution in [0.2, 0.25) is 0 Å². The summed E-state index contributed by atoms with van der Waals surface area (Å²) in [5, 5.41) is 50.5. The van der Waals surface area contributed by atoms with Crippen molar-refractivity contribution in [2.45, 2.75) is 139 Å². The standard InChI is InChI=1S/C67H71N3O7/c68-63-36-47-18-16-42(14-15-43-17-23-59(72)49(30-43)31-44-9-6-11-53(71)32-44)8-7-12-54-37-61(74)48-19-22-55-46(33-48)20-24-60(73)64(55)76-40-51-35-52(34-50-38-70(39-56(50)51)65(69-63)57(47)41-75-54)67-28-29-77-66(26-4-1-5-27-66)62(67)25-21-45-10-2-3-13-58(45)67/h2-3,6,9-11,13,17,19-20,22-24,30,32,34-36,38-39,42,48,54,61-63,69,71-74H,1,4-5,7-8,12,14-15,21,25-29,31,33,37,40-41,68H2. The minimum Gasteiger partial charge on any atom is -0.508 e. The Balaban J connectivity index is 0.927. The number of aliphatic hydroxyl groups is 1. The van der Waals surface area contributed by atoms with Gasteiger partial charge in [-0.05, 0) is 152 Å². The minimum atomic E-state index is -0.669. The summed E-state index contributed by atoms with van der Waals surface area (Å²) < 4.78 is 23.2. The number of aromatic nitrogens is 1. The van der Waals surface area contributed by atoms with E-state index in [1.807, 2.05) is 36.4 Å². The van der Waals surface area contributed by atoms with E-state index in [0.29, 0.717) is 37.5 Å². The van der Waals surface area contributed by atoms with Crippen molar-refractivity contribution in [1.29, 1.82) is 0 Å². The van der Waals surface area contributed by atoms with Gasteiger partial charge in [-0.1, -0.05) is 104 Å². The van der Waals surface area contributed by atoms with Crippen LogP contribution < -0.4 is 15.8 Å². The fourth-order valence-corrected chi connectivity index (χ4v) is 14.8. The van der Waals surface area contributed by atoms with Crippen LogP contribution in [0.25, 0.3) is 22.7 Å². The number of fused-ring (bicyclic) bond motifs is 6. The molecule has 1 spiro atoms. The summed E-state index contributed by atoms with van der Waals surface area (Å²) in [7, 11) is 0. The first-order valence-corrected chi connectivity index (χ1v) is 28.5. The number of aliphatic hydroxyl groups excluding tert-OH is 1. The van der Waals surface area contributed by atoms with Crippen molar-refractivity contribution < 1.29 is 34.6 Å². The number of aryl methyl sites for hydroxylation is 2. The van der Waals surface area contributed by atoms with Crippen LogP contribution in [0.4, 0.5) is 0 Å². The molecule has 77 heavy (non-hydrogen) atoms. The monoisotopic (exact) mass is 1030 g/mol. The normalized spacial score (nSPS) is 26.5. The third-order valence-corrected chi connectivity index (χ3v) is 18.7. The van der Waals surface area contributed by atoms with Gasteiger partial charge in [0.2, 0.25) is 0 Å². The molecule has 2 fully saturated rings. The summed E-state index contributed by atoms with van der Waals surface area (Å²) >= 11 is 0. The largest absolute Gasteiger partial charge is 0.508 e. The number of phenolic OH excluding ortho intramolecular Hbond substituents is 3. The van der Waals surface area contributed by atoms with Gasteiger partial charge in [-0.3, -0.25) is 0 Å². The predicted octanol–water partition coefficient (Wildman–Crippen LogP) is 11.7. The zero-order valence-corrected chi connectivity index (χ0v) is 44.0. The van der Waals surface area contributed by atoms with Crippen LogP contribution >= 0.6 is 0 Å². The lowest BCUT2D eigenvalue weighted by Gasteiger charge is -2.59. The highest BCUT2D eigenvalue weighted by atomic mass is 16.5. The van der Waals surface area contributed by atoms with Crippen LogP contribution in [0.1, 0.15) is 127 Å².